The van der Waals surface area contributed by atoms with Gasteiger partial charge in [0, 0.05) is 10.6 Å². The summed E-state index contributed by atoms with van der Waals surface area (Å²) < 4.78 is 1.58. The molecule has 4 aromatic rings. The molecule has 0 bridgehead atoms. The number of amides is 1. The second kappa shape index (κ2) is 8.26. The SMILES string of the molecule is Cc1ccc(-n2nc(C)c(=O)c(-c3ccccc3Cl)c2NC(=O)c2cccs2)cc1. The normalized spacial score (nSPS) is 10.8. The zero-order chi connectivity index (χ0) is 21.3. The third-order valence-corrected chi connectivity index (χ3v) is 5.85. The number of aryl methyl sites for hydroxylation is 2. The van der Waals surface area contributed by atoms with Gasteiger partial charge in [-0.25, -0.2) is 4.68 Å². The Morgan fingerprint density at radius 3 is 2.43 bits per heavy atom. The Bertz CT molecular complexity index is 1280. The van der Waals surface area contributed by atoms with Crippen molar-refractivity contribution in [3.63, 3.8) is 0 Å². The van der Waals surface area contributed by atoms with E-state index in [0.717, 1.165) is 11.3 Å². The number of benzene rings is 2. The molecule has 0 spiro atoms. The van der Waals surface area contributed by atoms with Gasteiger partial charge >= 0.3 is 0 Å². The molecule has 150 valence electrons. The highest BCUT2D eigenvalue weighted by Gasteiger charge is 2.22. The van der Waals surface area contributed by atoms with Crippen LogP contribution in [0.4, 0.5) is 5.82 Å². The standard InChI is InChI=1S/C23H18ClN3O2S/c1-14-9-11-16(12-10-14)27-22(25-23(29)19-8-5-13-30-19)20(21(28)15(2)26-27)17-6-3-4-7-18(17)24/h3-13H,1-2H3,(H,25,29). The Balaban J connectivity index is 2.00. The molecule has 0 radical (unpaired) electrons. The van der Waals surface area contributed by atoms with Crippen molar-refractivity contribution in [2.45, 2.75) is 13.8 Å². The number of hydrogen-bond acceptors (Lipinski definition) is 4. The number of hydrogen-bond donors (Lipinski definition) is 1. The van der Waals surface area contributed by atoms with Crippen molar-refractivity contribution in [3.05, 3.63) is 97.4 Å². The maximum Gasteiger partial charge on any atom is 0.266 e. The molecular weight excluding hydrogens is 418 g/mol. The molecule has 0 atom stereocenters. The lowest BCUT2D eigenvalue weighted by molar-refractivity contribution is 0.102. The van der Waals surface area contributed by atoms with E-state index >= 15 is 0 Å². The number of anilines is 1. The monoisotopic (exact) mass is 435 g/mol. The molecular formula is C23H18ClN3O2S. The molecule has 2 heterocycles. The number of nitrogens with one attached hydrogen (secondary N) is 1. The highest BCUT2D eigenvalue weighted by Crippen LogP contribution is 2.32. The van der Waals surface area contributed by atoms with Gasteiger partial charge < -0.3 is 5.32 Å². The summed E-state index contributed by atoms with van der Waals surface area (Å²) in [6, 6.07) is 18.3. The van der Waals surface area contributed by atoms with Gasteiger partial charge in [-0.1, -0.05) is 53.6 Å². The quantitative estimate of drug-likeness (QED) is 0.461. The summed E-state index contributed by atoms with van der Waals surface area (Å²) in [6.45, 7) is 3.64. The maximum absolute atomic E-state index is 13.2. The average molecular weight is 436 g/mol. The highest BCUT2D eigenvalue weighted by atomic mass is 35.5. The van der Waals surface area contributed by atoms with E-state index < -0.39 is 0 Å². The van der Waals surface area contributed by atoms with Crippen molar-refractivity contribution in [3.8, 4) is 16.8 Å². The lowest BCUT2D eigenvalue weighted by atomic mass is 10.0. The van der Waals surface area contributed by atoms with Crippen molar-refractivity contribution in [1.82, 2.24) is 9.78 Å². The average Bonchev–Trinajstić information content (AvgIpc) is 3.27. The molecule has 2 aromatic carbocycles. The zero-order valence-corrected chi connectivity index (χ0v) is 17.9. The highest BCUT2D eigenvalue weighted by molar-refractivity contribution is 7.12. The van der Waals surface area contributed by atoms with E-state index in [0.29, 0.717) is 26.7 Å². The molecule has 7 heteroatoms. The van der Waals surface area contributed by atoms with Crippen molar-refractivity contribution in [1.29, 1.82) is 0 Å². The first-order chi connectivity index (χ1) is 14.5. The van der Waals surface area contributed by atoms with Crippen LogP contribution in [0.1, 0.15) is 20.9 Å². The van der Waals surface area contributed by atoms with Crippen molar-refractivity contribution >= 4 is 34.7 Å². The summed E-state index contributed by atoms with van der Waals surface area (Å²) in [4.78, 5) is 26.6. The molecule has 1 N–H and O–H groups in total. The van der Waals surface area contributed by atoms with E-state index in [2.05, 4.69) is 10.4 Å². The van der Waals surface area contributed by atoms with Crippen LogP contribution >= 0.6 is 22.9 Å². The minimum absolute atomic E-state index is 0.279. The second-order valence-electron chi connectivity index (χ2n) is 6.80. The topological polar surface area (TPSA) is 64.0 Å². The minimum atomic E-state index is -0.316. The molecule has 2 aromatic heterocycles. The molecule has 0 saturated heterocycles. The van der Waals surface area contributed by atoms with Crippen LogP contribution < -0.4 is 10.7 Å². The fourth-order valence-corrected chi connectivity index (χ4v) is 3.97. The number of carbonyl (C=O) groups excluding carboxylic acids is 1. The van der Waals surface area contributed by atoms with Gasteiger partial charge in [0.15, 0.2) is 0 Å². The number of carbonyl (C=O) groups is 1. The lowest BCUT2D eigenvalue weighted by Gasteiger charge is -2.18. The van der Waals surface area contributed by atoms with Gasteiger partial charge in [0.25, 0.3) is 5.91 Å². The second-order valence-corrected chi connectivity index (χ2v) is 8.15. The van der Waals surface area contributed by atoms with Crippen LogP contribution in [-0.2, 0) is 0 Å². The van der Waals surface area contributed by atoms with Crippen LogP contribution in [0.25, 0.3) is 16.8 Å². The maximum atomic E-state index is 13.2. The summed E-state index contributed by atoms with van der Waals surface area (Å²) >= 11 is 7.75. The summed E-state index contributed by atoms with van der Waals surface area (Å²) in [5, 5.41) is 9.62. The Kier molecular flexibility index (Phi) is 5.53. The van der Waals surface area contributed by atoms with Crippen LogP contribution in [0.5, 0.6) is 0 Å². The molecule has 0 unspecified atom stereocenters. The zero-order valence-electron chi connectivity index (χ0n) is 16.3. The van der Waals surface area contributed by atoms with Gasteiger partial charge in [0.05, 0.1) is 16.1 Å². The van der Waals surface area contributed by atoms with Crippen LogP contribution in [0, 0.1) is 13.8 Å². The van der Waals surface area contributed by atoms with Crippen molar-refractivity contribution in [2.75, 3.05) is 5.32 Å². The summed E-state index contributed by atoms with van der Waals surface area (Å²) in [7, 11) is 0. The first kappa shape index (κ1) is 20.1. The molecule has 0 aliphatic heterocycles. The first-order valence-corrected chi connectivity index (χ1v) is 10.5. The summed E-state index contributed by atoms with van der Waals surface area (Å²) in [5.41, 5.74) is 2.67. The van der Waals surface area contributed by atoms with Crippen LogP contribution in [0.3, 0.4) is 0 Å². The van der Waals surface area contributed by atoms with Crippen LogP contribution in [0.15, 0.2) is 70.8 Å². The molecule has 0 fully saturated rings. The van der Waals surface area contributed by atoms with Gasteiger partial charge in [-0.3, -0.25) is 9.59 Å². The number of rotatable bonds is 4. The third-order valence-electron chi connectivity index (χ3n) is 4.65. The minimum Gasteiger partial charge on any atom is -0.305 e. The molecule has 0 saturated carbocycles. The Labute approximate surface area is 182 Å². The van der Waals surface area contributed by atoms with Gasteiger partial charge in [-0.15, -0.1) is 11.3 Å². The van der Waals surface area contributed by atoms with E-state index in [1.807, 2.05) is 36.6 Å². The van der Waals surface area contributed by atoms with E-state index in [9.17, 15) is 9.59 Å². The predicted molar refractivity (Wildman–Crippen MR) is 122 cm³/mol. The van der Waals surface area contributed by atoms with E-state index in [4.69, 9.17) is 11.6 Å². The van der Waals surface area contributed by atoms with E-state index in [1.165, 1.54) is 11.3 Å². The Morgan fingerprint density at radius 1 is 1.03 bits per heavy atom. The third kappa shape index (κ3) is 3.79. The van der Waals surface area contributed by atoms with Crippen molar-refractivity contribution < 1.29 is 4.79 Å². The molecule has 5 nitrogen and oxygen atoms in total. The smallest absolute Gasteiger partial charge is 0.266 e. The largest absolute Gasteiger partial charge is 0.305 e. The fourth-order valence-electron chi connectivity index (χ4n) is 3.12. The number of nitrogens with zero attached hydrogens (tertiary/aromatic N) is 2. The molecule has 30 heavy (non-hydrogen) atoms. The van der Waals surface area contributed by atoms with E-state index in [-0.39, 0.29) is 17.2 Å². The molecule has 0 aliphatic carbocycles. The summed E-state index contributed by atoms with van der Waals surface area (Å²) in [5.74, 6) is -0.0369. The Hall–Kier alpha value is -3.22. The van der Waals surface area contributed by atoms with Crippen molar-refractivity contribution in [2.24, 2.45) is 0 Å². The van der Waals surface area contributed by atoms with Gasteiger partial charge in [-0.05, 0) is 43.5 Å². The molecule has 4 rings (SSSR count). The van der Waals surface area contributed by atoms with Gasteiger partial charge in [0.1, 0.15) is 11.5 Å². The Morgan fingerprint density at radius 2 is 1.77 bits per heavy atom. The van der Waals surface area contributed by atoms with Crippen LogP contribution in [0.2, 0.25) is 5.02 Å². The number of thiophene rings is 1. The number of halogens is 1. The molecule has 1 amide bonds. The van der Waals surface area contributed by atoms with Gasteiger partial charge in [0.2, 0.25) is 5.43 Å². The van der Waals surface area contributed by atoms with Gasteiger partial charge in [-0.2, -0.15) is 5.10 Å². The fraction of sp³-hybridized carbons (Fsp3) is 0.0870. The molecule has 0 aliphatic rings. The first-order valence-electron chi connectivity index (χ1n) is 9.26. The lowest BCUT2D eigenvalue weighted by Crippen LogP contribution is -2.24. The number of aromatic nitrogens is 2. The summed E-state index contributed by atoms with van der Waals surface area (Å²) in [6.07, 6.45) is 0. The van der Waals surface area contributed by atoms with Crippen LogP contribution in [-0.4, -0.2) is 15.7 Å². The predicted octanol–water partition coefficient (Wildman–Crippen LogP) is 5.48. The van der Waals surface area contributed by atoms with E-state index in [1.54, 1.807) is 48.0 Å².